The molecule has 1 aromatic rings. The van der Waals surface area contributed by atoms with Crippen LogP contribution in [0.1, 0.15) is 18.9 Å². The Kier molecular flexibility index (Phi) is 3.95. The molecule has 0 radical (unpaired) electrons. The highest BCUT2D eigenvalue weighted by Crippen LogP contribution is 2.23. The van der Waals surface area contributed by atoms with Crippen LogP contribution in [0.5, 0.6) is 5.75 Å². The summed E-state index contributed by atoms with van der Waals surface area (Å²) < 4.78 is 5.43. The average Bonchev–Trinajstić information content (AvgIpc) is 2.25. The van der Waals surface area contributed by atoms with Crippen LogP contribution in [0.3, 0.4) is 0 Å². The van der Waals surface area contributed by atoms with Gasteiger partial charge in [-0.25, -0.2) is 0 Å². The van der Waals surface area contributed by atoms with E-state index >= 15 is 0 Å². The van der Waals surface area contributed by atoms with Gasteiger partial charge in [-0.05, 0) is 18.6 Å². The van der Waals surface area contributed by atoms with Gasteiger partial charge in [0.1, 0.15) is 24.0 Å². The lowest BCUT2D eigenvalue weighted by Gasteiger charge is -2.12. The van der Waals surface area contributed by atoms with E-state index < -0.39 is 0 Å². The van der Waals surface area contributed by atoms with Gasteiger partial charge in [-0.1, -0.05) is 13.0 Å². The van der Waals surface area contributed by atoms with Crippen molar-refractivity contribution >= 4 is 5.69 Å². The minimum atomic E-state index is -0.0158. The smallest absolute Gasteiger partial charge is 0.139 e. The van der Waals surface area contributed by atoms with Crippen LogP contribution in [0.2, 0.25) is 0 Å². The zero-order valence-electron chi connectivity index (χ0n) is 8.73. The molecule has 0 bridgehead atoms. The Morgan fingerprint density at radius 1 is 1.53 bits per heavy atom. The molecule has 1 rings (SSSR count). The van der Waals surface area contributed by atoms with Gasteiger partial charge >= 0.3 is 0 Å². The van der Waals surface area contributed by atoms with E-state index in [0.717, 1.165) is 6.42 Å². The van der Waals surface area contributed by atoms with Crippen molar-refractivity contribution in [1.29, 1.82) is 5.26 Å². The quantitative estimate of drug-likeness (QED) is 0.724. The van der Waals surface area contributed by atoms with Gasteiger partial charge in [-0.2, -0.15) is 5.26 Å². The maximum Gasteiger partial charge on any atom is 0.139 e. The van der Waals surface area contributed by atoms with Crippen molar-refractivity contribution in [2.45, 2.75) is 19.4 Å². The van der Waals surface area contributed by atoms with Crippen molar-refractivity contribution in [3.05, 3.63) is 23.8 Å². The van der Waals surface area contributed by atoms with Crippen molar-refractivity contribution in [1.82, 2.24) is 0 Å². The largest absolute Gasteiger partial charge is 0.491 e. The fourth-order valence-corrected chi connectivity index (χ4v) is 1.10. The van der Waals surface area contributed by atoms with Gasteiger partial charge < -0.3 is 16.2 Å². The highest BCUT2D eigenvalue weighted by atomic mass is 16.5. The molecule has 4 N–H and O–H groups in total. The maximum absolute atomic E-state index is 8.88. The van der Waals surface area contributed by atoms with Crippen molar-refractivity contribution in [2.75, 3.05) is 12.3 Å². The van der Waals surface area contributed by atoms with Gasteiger partial charge in [0.05, 0.1) is 5.69 Å². The summed E-state index contributed by atoms with van der Waals surface area (Å²) in [5, 5.41) is 8.88. The van der Waals surface area contributed by atoms with Gasteiger partial charge in [0.25, 0.3) is 0 Å². The number of nitrogens with zero attached hydrogens (tertiary/aromatic N) is 1. The fraction of sp³-hybridized carbons (Fsp3) is 0.364. The molecule has 1 atom stereocenters. The Balaban J connectivity index is 2.77. The van der Waals surface area contributed by atoms with Crippen LogP contribution >= 0.6 is 0 Å². The molecule has 0 aromatic heterocycles. The molecule has 0 aliphatic rings. The van der Waals surface area contributed by atoms with Crippen LogP contribution in [0.15, 0.2) is 18.2 Å². The summed E-state index contributed by atoms with van der Waals surface area (Å²) in [5.74, 6) is 0.501. The lowest BCUT2D eigenvalue weighted by atomic mass is 10.2. The van der Waals surface area contributed by atoms with E-state index in [9.17, 15) is 0 Å². The number of hydrogen-bond donors (Lipinski definition) is 2. The molecule has 0 heterocycles. The van der Waals surface area contributed by atoms with Crippen molar-refractivity contribution in [3.63, 3.8) is 0 Å². The summed E-state index contributed by atoms with van der Waals surface area (Å²) in [6.07, 6.45) is 0.838. The van der Waals surface area contributed by atoms with Crippen molar-refractivity contribution in [3.8, 4) is 11.8 Å². The third-order valence-electron chi connectivity index (χ3n) is 2.15. The molecule has 0 unspecified atom stereocenters. The van der Waals surface area contributed by atoms with E-state index in [0.29, 0.717) is 23.6 Å². The van der Waals surface area contributed by atoms with E-state index in [-0.39, 0.29) is 6.04 Å². The Morgan fingerprint density at radius 3 is 2.87 bits per heavy atom. The first-order valence-electron chi connectivity index (χ1n) is 4.86. The number of anilines is 1. The topological polar surface area (TPSA) is 85.1 Å². The Bertz CT molecular complexity index is 371. The molecule has 0 aliphatic carbocycles. The number of nitriles is 1. The molecule has 15 heavy (non-hydrogen) atoms. The fourth-order valence-electron chi connectivity index (χ4n) is 1.10. The summed E-state index contributed by atoms with van der Waals surface area (Å²) in [5.41, 5.74) is 12.2. The number of nitrogens with two attached hydrogens (primary N) is 2. The number of hydrogen-bond acceptors (Lipinski definition) is 4. The number of nitrogen functional groups attached to an aromatic ring is 1. The van der Waals surface area contributed by atoms with Gasteiger partial charge in [-0.15, -0.1) is 0 Å². The summed E-state index contributed by atoms with van der Waals surface area (Å²) in [6.45, 7) is 2.38. The molecular weight excluding hydrogens is 190 g/mol. The molecule has 0 spiro atoms. The highest BCUT2D eigenvalue weighted by Gasteiger charge is 2.07. The minimum Gasteiger partial charge on any atom is -0.491 e. The minimum absolute atomic E-state index is 0.0158. The summed E-state index contributed by atoms with van der Waals surface area (Å²) in [7, 11) is 0. The first kappa shape index (κ1) is 11.3. The van der Waals surface area contributed by atoms with Gasteiger partial charge in [0.15, 0.2) is 0 Å². The van der Waals surface area contributed by atoms with Gasteiger partial charge in [-0.3, -0.25) is 0 Å². The standard InChI is InChI=1S/C11H15N3O/c1-2-8(13)7-15-11-5-3-4-10(14)9(11)6-12/h3-5,8H,2,7,13-14H2,1H3/t8-/m1/s1. The molecule has 4 nitrogen and oxygen atoms in total. The van der Waals surface area contributed by atoms with Crippen LogP contribution in [0, 0.1) is 11.3 Å². The van der Waals surface area contributed by atoms with Crippen molar-refractivity contribution in [2.24, 2.45) is 5.73 Å². The molecule has 80 valence electrons. The predicted octanol–water partition coefficient (Wildman–Crippen LogP) is 1.26. The Labute approximate surface area is 89.4 Å². The number of benzene rings is 1. The second-order valence-electron chi connectivity index (χ2n) is 3.31. The van der Waals surface area contributed by atoms with Gasteiger partial charge in [0, 0.05) is 6.04 Å². The van der Waals surface area contributed by atoms with Crippen LogP contribution in [0.25, 0.3) is 0 Å². The summed E-state index contributed by atoms with van der Waals surface area (Å²) >= 11 is 0. The first-order valence-corrected chi connectivity index (χ1v) is 4.86. The second-order valence-corrected chi connectivity index (χ2v) is 3.31. The molecule has 1 aromatic carbocycles. The molecule has 0 aliphatic heterocycles. The molecule has 0 saturated carbocycles. The molecule has 0 saturated heterocycles. The molecule has 0 amide bonds. The van der Waals surface area contributed by atoms with E-state index in [4.69, 9.17) is 21.5 Å². The Hall–Kier alpha value is -1.73. The molecular formula is C11H15N3O. The molecule has 0 fully saturated rings. The van der Waals surface area contributed by atoms with Crippen LogP contribution < -0.4 is 16.2 Å². The first-order chi connectivity index (χ1) is 7.19. The van der Waals surface area contributed by atoms with Crippen molar-refractivity contribution < 1.29 is 4.74 Å². The predicted molar refractivity (Wildman–Crippen MR) is 59.3 cm³/mol. The van der Waals surface area contributed by atoms with E-state index in [2.05, 4.69) is 0 Å². The third kappa shape index (κ3) is 2.86. The van der Waals surface area contributed by atoms with Gasteiger partial charge in [0.2, 0.25) is 0 Å². The number of rotatable bonds is 4. The van der Waals surface area contributed by atoms with E-state index in [1.165, 1.54) is 0 Å². The average molecular weight is 205 g/mol. The van der Waals surface area contributed by atoms with Crippen LogP contribution in [0.4, 0.5) is 5.69 Å². The third-order valence-corrected chi connectivity index (χ3v) is 2.15. The molecule has 4 heteroatoms. The van der Waals surface area contributed by atoms with Crippen LogP contribution in [-0.4, -0.2) is 12.6 Å². The van der Waals surface area contributed by atoms with Crippen LogP contribution in [-0.2, 0) is 0 Å². The lowest BCUT2D eigenvalue weighted by Crippen LogP contribution is -2.26. The maximum atomic E-state index is 8.88. The van der Waals surface area contributed by atoms with E-state index in [1.807, 2.05) is 13.0 Å². The number of ether oxygens (including phenoxy) is 1. The monoisotopic (exact) mass is 205 g/mol. The zero-order valence-corrected chi connectivity index (χ0v) is 8.73. The Morgan fingerprint density at radius 2 is 2.27 bits per heavy atom. The zero-order chi connectivity index (χ0) is 11.3. The second kappa shape index (κ2) is 5.23. The highest BCUT2D eigenvalue weighted by molar-refractivity contribution is 5.60. The summed E-state index contributed by atoms with van der Waals surface area (Å²) in [4.78, 5) is 0. The SMILES string of the molecule is CC[C@@H](N)COc1cccc(N)c1C#N. The normalized spacial score (nSPS) is 11.8. The van der Waals surface area contributed by atoms with E-state index in [1.54, 1.807) is 18.2 Å². The summed E-state index contributed by atoms with van der Waals surface area (Å²) in [6, 6.07) is 7.14. The lowest BCUT2D eigenvalue weighted by molar-refractivity contribution is 0.285.